The number of hydrogen-bond acceptors (Lipinski definition) is 3. The fourth-order valence-electron chi connectivity index (χ4n) is 1.62. The predicted octanol–water partition coefficient (Wildman–Crippen LogP) is 1.20. The van der Waals surface area contributed by atoms with E-state index in [0.717, 1.165) is 6.42 Å². The molecule has 0 saturated carbocycles. The van der Waals surface area contributed by atoms with Crippen LogP contribution in [0.1, 0.15) is 47.5 Å². The van der Waals surface area contributed by atoms with Crippen LogP contribution in [0.3, 0.4) is 0 Å². The van der Waals surface area contributed by atoms with Crippen molar-refractivity contribution in [3.8, 4) is 0 Å². The van der Waals surface area contributed by atoms with Gasteiger partial charge in [-0.1, -0.05) is 13.3 Å². The van der Waals surface area contributed by atoms with E-state index in [2.05, 4.69) is 10.6 Å². The van der Waals surface area contributed by atoms with Crippen molar-refractivity contribution >= 4 is 24.2 Å². The van der Waals surface area contributed by atoms with E-state index in [1.165, 1.54) is 0 Å². The molecule has 0 saturated heterocycles. The molecule has 0 fully saturated rings. The lowest BCUT2D eigenvalue weighted by atomic mass is 9.91. The smallest absolute Gasteiger partial charge is 0.239 e. The van der Waals surface area contributed by atoms with Crippen LogP contribution in [0, 0.1) is 5.41 Å². The van der Waals surface area contributed by atoms with Crippen LogP contribution in [0.25, 0.3) is 0 Å². The highest BCUT2D eigenvalue weighted by molar-refractivity contribution is 5.87. The number of hydrogen-bond donors (Lipinski definition) is 3. The van der Waals surface area contributed by atoms with E-state index in [1.54, 1.807) is 20.8 Å². The van der Waals surface area contributed by atoms with Crippen molar-refractivity contribution in [2.24, 2.45) is 11.1 Å². The number of carbonyl (C=O) groups is 2. The van der Waals surface area contributed by atoms with Crippen LogP contribution >= 0.6 is 12.4 Å². The Morgan fingerprint density at radius 1 is 1.05 bits per heavy atom. The summed E-state index contributed by atoms with van der Waals surface area (Å²) < 4.78 is 0. The van der Waals surface area contributed by atoms with Crippen LogP contribution in [0.4, 0.5) is 0 Å². The normalized spacial score (nSPS) is 14.0. The van der Waals surface area contributed by atoms with Crippen molar-refractivity contribution in [2.75, 3.05) is 13.1 Å². The molecule has 0 spiro atoms. The summed E-state index contributed by atoms with van der Waals surface area (Å²) in [4.78, 5) is 23.7. The first kappa shape index (κ1) is 20.5. The van der Waals surface area contributed by atoms with E-state index in [4.69, 9.17) is 5.73 Å². The quantitative estimate of drug-likeness (QED) is 0.659. The summed E-state index contributed by atoms with van der Waals surface area (Å²) in [6.45, 7) is 10.0. The highest BCUT2D eigenvalue weighted by Gasteiger charge is 2.31. The molecule has 0 aromatic heterocycles. The molecule has 6 heteroatoms. The van der Waals surface area contributed by atoms with Gasteiger partial charge in [-0.15, -0.1) is 12.4 Å². The van der Waals surface area contributed by atoms with E-state index in [0.29, 0.717) is 13.0 Å². The average Bonchev–Trinajstić information content (AvgIpc) is 2.26. The van der Waals surface area contributed by atoms with Gasteiger partial charge in [0.15, 0.2) is 0 Å². The Morgan fingerprint density at radius 2 is 1.58 bits per heavy atom. The molecule has 5 nitrogen and oxygen atoms in total. The largest absolute Gasteiger partial charge is 0.356 e. The van der Waals surface area contributed by atoms with Crippen molar-refractivity contribution < 1.29 is 9.59 Å². The molecule has 19 heavy (non-hydrogen) atoms. The Balaban J connectivity index is 0. The molecule has 0 aliphatic rings. The Kier molecular flexibility index (Phi) is 9.04. The number of halogens is 1. The summed E-state index contributed by atoms with van der Waals surface area (Å²) in [5.41, 5.74) is 4.42. The van der Waals surface area contributed by atoms with Gasteiger partial charge in [0.05, 0.1) is 11.0 Å². The summed E-state index contributed by atoms with van der Waals surface area (Å²) in [6, 6.07) is 0. The van der Waals surface area contributed by atoms with Crippen LogP contribution in [0.2, 0.25) is 0 Å². The third-order valence-electron chi connectivity index (χ3n) is 2.93. The minimum atomic E-state index is -0.869. The van der Waals surface area contributed by atoms with Gasteiger partial charge in [-0.2, -0.15) is 0 Å². The molecule has 1 unspecified atom stereocenters. The molecule has 2 amide bonds. The lowest BCUT2D eigenvalue weighted by molar-refractivity contribution is -0.130. The highest BCUT2D eigenvalue weighted by atomic mass is 35.5. The Hall–Kier alpha value is -0.810. The minimum absolute atomic E-state index is 0. The van der Waals surface area contributed by atoms with Crippen molar-refractivity contribution in [3.05, 3.63) is 0 Å². The van der Waals surface area contributed by atoms with Gasteiger partial charge < -0.3 is 16.4 Å². The van der Waals surface area contributed by atoms with E-state index >= 15 is 0 Å². The van der Waals surface area contributed by atoms with Gasteiger partial charge in [-0.05, 0) is 34.1 Å². The van der Waals surface area contributed by atoms with Gasteiger partial charge in [0.25, 0.3) is 0 Å². The summed E-state index contributed by atoms with van der Waals surface area (Å²) in [7, 11) is 0. The maximum absolute atomic E-state index is 11.9. The molecule has 0 rings (SSSR count). The SMILES string of the molecule is CCCC(C)(N)C(=O)NCC(C)(C)C(=O)NCC.Cl. The molecular weight excluding hydrogens is 266 g/mol. The topological polar surface area (TPSA) is 84.2 Å². The van der Waals surface area contributed by atoms with Crippen LogP contribution in [-0.4, -0.2) is 30.4 Å². The molecule has 114 valence electrons. The first-order valence-corrected chi connectivity index (χ1v) is 6.53. The van der Waals surface area contributed by atoms with Gasteiger partial charge in [0, 0.05) is 13.1 Å². The van der Waals surface area contributed by atoms with E-state index in [9.17, 15) is 9.59 Å². The van der Waals surface area contributed by atoms with Crippen molar-refractivity contribution in [1.29, 1.82) is 0 Å². The van der Waals surface area contributed by atoms with Crippen molar-refractivity contribution in [3.63, 3.8) is 0 Å². The maximum atomic E-state index is 11.9. The first-order chi connectivity index (χ1) is 8.17. The number of rotatable bonds is 7. The fourth-order valence-corrected chi connectivity index (χ4v) is 1.62. The molecule has 0 radical (unpaired) electrons. The molecular formula is C13H28ClN3O2. The number of nitrogens with two attached hydrogens (primary N) is 1. The summed E-state index contributed by atoms with van der Waals surface area (Å²) in [5, 5.41) is 5.51. The monoisotopic (exact) mass is 293 g/mol. The van der Waals surface area contributed by atoms with Crippen LogP contribution < -0.4 is 16.4 Å². The van der Waals surface area contributed by atoms with Gasteiger partial charge in [-0.25, -0.2) is 0 Å². The Morgan fingerprint density at radius 3 is 2.00 bits per heavy atom. The lowest BCUT2D eigenvalue weighted by Crippen LogP contribution is -2.54. The number of amides is 2. The maximum Gasteiger partial charge on any atom is 0.239 e. The van der Waals surface area contributed by atoms with Crippen molar-refractivity contribution in [1.82, 2.24) is 10.6 Å². The third-order valence-corrected chi connectivity index (χ3v) is 2.93. The zero-order valence-electron chi connectivity index (χ0n) is 12.6. The second-order valence-corrected chi connectivity index (χ2v) is 5.59. The third kappa shape index (κ3) is 6.78. The predicted molar refractivity (Wildman–Crippen MR) is 80.2 cm³/mol. The fraction of sp³-hybridized carbons (Fsp3) is 0.846. The van der Waals surface area contributed by atoms with Gasteiger partial charge >= 0.3 is 0 Å². The van der Waals surface area contributed by atoms with Crippen LogP contribution in [0.15, 0.2) is 0 Å². The zero-order valence-corrected chi connectivity index (χ0v) is 13.4. The molecule has 0 heterocycles. The molecule has 1 atom stereocenters. The van der Waals surface area contributed by atoms with Crippen molar-refractivity contribution in [2.45, 2.75) is 53.0 Å². The Labute approximate surface area is 122 Å². The van der Waals surface area contributed by atoms with E-state index in [1.807, 2.05) is 13.8 Å². The summed E-state index contributed by atoms with van der Waals surface area (Å²) in [6.07, 6.45) is 1.47. The number of carbonyl (C=O) groups excluding carboxylic acids is 2. The first-order valence-electron chi connectivity index (χ1n) is 6.53. The van der Waals surface area contributed by atoms with Crippen LogP contribution in [-0.2, 0) is 9.59 Å². The second-order valence-electron chi connectivity index (χ2n) is 5.59. The number of nitrogens with one attached hydrogen (secondary N) is 2. The summed E-state index contributed by atoms with van der Waals surface area (Å²) >= 11 is 0. The molecule has 4 N–H and O–H groups in total. The zero-order chi connectivity index (χ0) is 14.4. The second kappa shape index (κ2) is 8.38. The molecule has 0 aromatic rings. The molecule has 0 aliphatic carbocycles. The molecule has 0 bridgehead atoms. The summed E-state index contributed by atoms with van der Waals surface area (Å²) in [5.74, 6) is -0.277. The van der Waals surface area contributed by atoms with E-state index < -0.39 is 11.0 Å². The van der Waals surface area contributed by atoms with Gasteiger partial charge in [0.2, 0.25) is 11.8 Å². The average molecular weight is 294 g/mol. The Bertz CT molecular complexity index is 304. The van der Waals surface area contributed by atoms with E-state index in [-0.39, 0.29) is 30.8 Å². The van der Waals surface area contributed by atoms with Crippen LogP contribution in [0.5, 0.6) is 0 Å². The molecule has 0 aliphatic heterocycles. The minimum Gasteiger partial charge on any atom is -0.356 e. The lowest BCUT2D eigenvalue weighted by Gasteiger charge is -2.28. The highest BCUT2D eigenvalue weighted by Crippen LogP contribution is 2.15. The van der Waals surface area contributed by atoms with Gasteiger partial charge in [0.1, 0.15) is 0 Å². The molecule has 0 aromatic carbocycles. The van der Waals surface area contributed by atoms with Gasteiger partial charge in [-0.3, -0.25) is 9.59 Å². The standard InChI is InChI=1S/C13H27N3O2.ClH/c1-6-8-13(5,14)11(18)16-9-12(3,4)10(17)15-7-2;/h6-9,14H2,1-5H3,(H,15,17)(H,16,18);1H.